The SMILES string of the molecule is CC(C)(C)OC(=O)N(C1CCN(CCN)CC1)[C@@H]1C[C@H]1c1ccccc1. The van der Waals surface area contributed by atoms with Gasteiger partial charge in [-0.1, -0.05) is 30.3 Å². The molecule has 3 rings (SSSR count). The van der Waals surface area contributed by atoms with Gasteiger partial charge in [0.05, 0.1) is 0 Å². The van der Waals surface area contributed by atoms with E-state index in [9.17, 15) is 4.79 Å². The third-order valence-electron chi connectivity index (χ3n) is 5.34. The molecule has 2 aliphatic rings. The van der Waals surface area contributed by atoms with Crippen molar-refractivity contribution in [3.63, 3.8) is 0 Å². The molecule has 5 nitrogen and oxygen atoms in total. The largest absolute Gasteiger partial charge is 0.444 e. The van der Waals surface area contributed by atoms with Gasteiger partial charge in [0, 0.05) is 44.2 Å². The summed E-state index contributed by atoms with van der Waals surface area (Å²) in [5.41, 5.74) is 6.55. The van der Waals surface area contributed by atoms with Gasteiger partial charge in [-0.3, -0.25) is 0 Å². The van der Waals surface area contributed by atoms with E-state index in [1.165, 1.54) is 5.56 Å². The maximum absolute atomic E-state index is 13.0. The van der Waals surface area contributed by atoms with Crippen LogP contribution in [0.3, 0.4) is 0 Å². The molecule has 2 atom stereocenters. The van der Waals surface area contributed by atoms with E-state index in [1.807, 2.05) is 26.8 Å². The summed E-state index contributed by atoms with van der Waals surface area (Å²) in [4.78, 5) is 17.4. The Labute approximate surface area is 157 Å². The van der Waals surface area contributed by atoms with Crippen LogP contribution < -0.4 is 5.73 Å². The van der Waals surface area contributed by atoms with E-state index < -0.39 is 5.60 Å². The minimum Gasteiger partial charge on any atom is -0.444 e. The maximum Gasteiger partial charge on any atom is 0.410 e. The van der Waals surface area contributed by atoms with E-state index in [0.717, 1.165) is 38.9 Å². The lowest BCUT2D eigenvalue weighted by molar-refractivity contribution is 0.00543. The Hall–Kier alpha value is -1.59. The third kappa shape index (κ3) is 4.77. The van der Waals surface area contributed by atoms with Crippen molar-refractivity contribution in [3.05, 3.63) is 35.9 Å². The van der Waals surface area contributed by atoms with Gasteiger partial charge < -0.3 is 20.3 Å². The van der Waals surface area contributed by atoms with Crippen LogP contribution in [-0.4, -0.2) is 59.8 Å². The Morgan fingerprint density at radius 3 is 2.46 bits per heavy atom. The lowest BCUT2D eigenvalue weighted by atomic mass is 10.0. The summed E-state index contributed by atoms with van der Waals surface area (Å²) in [5.74, 6) is 0.436. The summed E-state index contributed by atoms with van der Waals surface area (Å²) in [6.07, 6.45) is 2.87. The van der Waals surface area contributed by atoms with Crippen LogP contribution in [0.4, 0.5) is 4.79 Å². The monoisotopic (exact) mass is 359 g/mol. The minimum atomic E-state index is -0.466. The number of hydrogen-bond acceptors (Lipinski definition) is 4. The summed E-state index contributed by atoms with van der Waals surface area (Å²) >= 11 is 0. The van der Waals surface area contributed by atoms with Crippen LogP contribution in [0.2, 0.25) is 0 Å². The smallest absolute Gasteiger partial charge is 0.410 e. The number of piperidine rings is 1. The number of carbonyl (C=O) groups is 1. The number of carbonyl (C=O) groups excluding carboxylic acids is 1. The van der Waals surface area contributed by atoms with Gasteiger partial charge in [-0.2, -0.15) is 0 Å². The summed E-state index contributed by atoms with van der Waals surface area (Å²) < 4.78 is 5.77. The molecule has 1 aliphatic heterocycles. The first-order valence-corrected chi connectivity index (χ1v) is 9.87. The molecule has 1 aliphatic carbocycles. The topological polar surface area (TPSA) is 58.8 Å². The highest BCUT2D eigenvalue weighted by Gasteiger charge is 2.48. The average molecular weight is 360 g/mol. The van der Waals surface area contributed by atoms with E-state index in [-0.39, 0.29) is 18.2 Å². The molecule has 1 aromatic rings. The van der Waals surface area contributed by atoms with Gasteiger partial charge in [0.2, 0.25) is 0 Å². The minimum absolute atomic E-state index is 0.154. The normalized spacial score (nSPS) is 24.3. The van der Waals surface area contributed by atoms with Crippen molar-refractivity contribution < 1.29 is 9.53 Å². The molecule has 0 aromatic heterocycles. The highest BCUT2D eigenvalue weighted by Crippen LogP contribution is 2.46. The van der Waals surface area contributed by atoms with Crippen molar-refractivity contribution in [1.29, 1.82) is 0 Å². The molecule has 0 radical (unpaired) electrons. The quantitative estimate of drug-likeness (QED) is 0.877. The molecule has 1 heterocycles. The zero-order valence-electron chi connectivity index (χ0n) is 16.4. The number of nitrogens with two attached hydrogens (primary N) is 1. The van der Waals surface area contributed by atoms with Gasteiger partial charge in [0.25, 0.3) is 0 Å². The Kier molecular flexibility index (Phi) is 5.88. The van der Waals surface area contributed by atoms with E-state index >= 15 is 0 Å². The Morgan fingerprint density at radius 2 is 1.88 bits per heavy atom. The number of benzene rings is 1. The molecule has 2 fully saturated rings. The van der Waals surface area contributed by atoms with Crippen LogP contribution in [-0.2, 0) is 4.74 Å². The van der Waals surface area contributed by atoms with Crippen LogP contribution in [0, 0.1) is 0 Å². The fourth-order valence-electron chi connectivity index (χ4n) is 4.02. The number of likely N-dealkylation sites (tertiary alicyclic amines) is 1. The van der Waals surface area contributed by atoms with Crippen molar-refractivity contribution in [2.75, 3.05) is 26.2 Å². The van der Waals surface area contributed by atoms with E-state index in [0.29, 0.717) is 12.5 Å². The van der Waals surface area contributed by atoms with Crippen molar-refractivity contribution in [3.8, 4) is 0 Å². The van der Waals surface area contributed by atoms with Crippen LogP contribution in [0.15, 0.2) is 30.3 Å². The molecule has 0 unspecified atom stereocenters. The van der Waals surface area contributed by atoms with E-state index in [1.54, 1.807) is 0 Å². The second-order valence-electron chi connectivity index (χ2n) is 8.57. The van der Waals surface area contributed by atoms with Crippen LogP contribution in [0.25, 0.3) is 0 Å². The molecule has 5 heteroatoms. The lowest BCUT2D eigenvalue weighted by Crippen LogP contribution is -2.50. The molecule has 144 valence electrons. The van der Waals surface area contributed by atoms with Crippen molar-refractivity contribution in [2.24, 2.45) is 5.73 Å². The molecular weight excluding hydrogens is 326 g/mol. The molecule has 1 saturated heterocycles. The van der Waals surface area contributed by atoms with Gasteiger partial charge >= 0.3 is 6.09 Å². The lowest BCUT2D eigenvalue weighted by Gasteiger charge is -2.39. The number of ether oxygens (including phenoxy) is 1. The molecular formula is C21H33N3O2. The first-order valence-electron chi connectivity index (χ1n) is 9.87. The van der Waals surface area contributed by atoms with Gasteiger partial charge in [-0.25, -0.2) is 4.79 Å². The number of amides is 1. The first-order chi connectivity index (χ1) is 12.4. The Bertz CT molecular complexity index is 591. The van der Waals surface area contributed by atoms with Gasteiger partial charge in [0.1, 0.15) is 5.60 Å². The summed E-state index contributed by atoms with van der Waals surface area (Å²) in [7, 11) is 0. The summed E-state index contributed by atoms with van der Waals surface area (Å²) in [5, 5.41) is 0. The molecule has 0 spiro atoms. The molecule has 2 N–H and O–H groups in total. The van der Waals surface area contributed by atoms with Crippen LogP contribution >= 0.6 is 0 Å². The van der Waals surface area contributed by atoms with Gasteiger partial charge in [-0.15, -0.1) is 0 Å². The molecule has 1 amide bonds. The van der Waals surface area contributed by atoms with Crippen LogP contribution in [0.1, 0.15) is 51.5 Å². The van der Waals surface area contributed by atoms with Gasteiger partial charge in [-0.05, 0) is 45.6 Å². The Morgan fingerprint density at radius 1 is 1.23 bits per heavy atom. The highest BCUT2D eigenvalue weighted by molar-refractivity contribution is 5.70. The van der Waals surface area contributed by atoms with Gasteiger partial charge in [0.15, 0.2) is 0 Å². The molecule has 0 bridgehead atoms. The summed E-state index contributed by atoms with van der Waals surface area (Å²) in [6.45, 7) is 9.46. The zero-order chi connectivity index (χ0) is 18.7. The van der Waals surface area contributed by atoms with Crippen molar-refractivity contribution in [1.82, 2.24) is 9.80 Å². The predicted molar refractivity (Wildman–Crippen MR) is 104 cm³/mol. The second kappa shape index (κ2) is 7.97. The van der Waals surface area contributed by atoms with Crippen molar-refractivity contribution in [2.45, 2.75) is 63.6 Å². The number of rotatable bonds is 5. The van der Waals surface area contributed by atoms with Crippen LogP contribution in [0.5, 0.6) is 0 Å². The standard InChI is InChI=1S/C21H33N3O2/c1-21(2,3)26-20(25)24(17-9-12-23(13-10-17)14-11-22)19-15-18(19)16-7-5-4-6-8-16/h4-8,17-19H,9-15,22H2,1-3H3/t18-,19+/m0/s1. The Balaban J connectivity index is 1.70. The first kappa shape index (κ1) is 19.2. The van der Waals surface area contributed by atoms with E-state index in [4.69, 9.17) is 10.5 Å². The molecule has 26 heavy (non-hydrogen) atoms. The highest BCUT2D eigenvalue weighted by atomic mass is 16.6. The fraction of sp³-hybridized carbons (Fsp3) is 0.667. The molecule has 1 saturated carbocycles. The average Bonchev–Trinajstić information content (AvgIpc) is 3.36. The second-order valence-corrected chi connectivity index (χ2v) is 8.57. The zero-order valence-corrected chi connectivity index (χ0v) is 16.4. The van der Waals surface area contributed by atoms with E-state index in [2.05, 4.69) is 34.1 Å². The maximum atomic E-state index is 13.0. The third-order valence-corrected chi connectivity index (χ3v) is 5.34. The summed E-state index contributed by atoms with van der Waals surface area (Å²) in [6, 6.07) is 11.1. The molecule has 1 aromatic carbocycles. The fourth-order valence-corrected chi connectivity index (χ4v) is 4.02. The number of hydrogen-bond donors (Lipinski definition) is 1. The number of nitrogens with zero attached hydrogens (tertiary/aromatic N) is 2. The predicted octanol–water partition coefficient (Wildman–Crippen LogP) is 3.20. The van der Waals surface area contributed by atoms with Crippen molar-refractivity contribution >= 4 is 6.09 Å².